The monoisotopic (exact) mass is 282 g/mol. The van der Waals surface area contributed by atoms with E-state index in [1.165, 1.54) is 18.9 Å². The Kier molecular flexibility index (Phi) is 5.10. The lowest BCUT2D eigenvalue weighted by molar-refractivity contribution is -0.145. The number of esters is 1. The van der Waals surface area contributed by atoms with Gasteiger partial charge in [0, 0.05) is 0 Å². The average molecular weight is 282 g/mol. The fraction of sp³-hybridized carbons (Fsp3) is 0.562. The molecule has 4 heteroatoms. The standard InChI is InChI=1S/C16H20F2O2/c1-2-20-16(19)13(9-11-5-3-4-6-11)12-7-8-14(17)15(18)10-12/h7-8,10-11,13H,2-6,9H2,1H3. The highest BCUT2D eigenvalue weighted by Crippen LogP contribution is 2.35. The van der Waals surface area contributed by atoms with Crippen LogP contribution >= 0.6 is 0 Å². The molecule has 0 N–H and O–H groups in total. The molecule has 0 bridgehead atoms. The molecule has 0 amide bonds. The number of carbonyl (C=O) groups is 1. The van der Waals surface area contributed by atoms with Gasteiger partial charge in [0.15, 0.2) is 11.6 Å². The maximum Gasteiger partial charge on any atom is 0.313 e. The van der Waals surface area contributed by atoms with E-state index in [2.05, 4.69) is 0 Å². The van der Waals surface area contributed by atoms with E-state index in [9.17, 15) is 13.6 Å². The highest BCUT2D eigenvalue weighted by Gasteiger charge is 2.28. The Morgan fingerprint density at radius 1 is 1.30 bits per heavy atom. The third kappa shape index (κ3) is 3.56. The first-order valence-corrected chi connectivity index (χ1v) is 7.23. The predicted molar refractivity (Wildman–Crippen MR) is 72.3 cm³/mol. The van der Waals surface area contributed by atoms with Gasteiger partial charge in [-0.3, -0.25) is 4.79 Å². The van der Waals surface area contributed by atoms with Gasteiger partial charge in [-0.05, 0) is 37.0 Å². The molecule has 0 saturated heterocycles. The predicted octanol–water partition coefficient (Wildman–Crippen LogP) is 4.19. The maximum absolute atomic E-state index is 13.4. The third-order valence-electron chi connectivity index (χ3n) is 3.96. The highest BCUT2D eigenvalue weighted by molar-refractivity contribution is 5.78. The van der Waals surface area contributed by atoms with Gasteiger partial charge >= 0.3 is 5.97 Å². The summed E-state index contributed by atoms with van der Waals surface area (Å²) < 4.78 is 31.5. The number of rotatable bonds is 5. The molecule has 1 fully saturated rings. The maximum atomic E-state index is 13.4. The normalized spacial score (nSPS) is 17.1. The second-order valence-corrected chi connectivity index (χ2v) is 5.36. The lowest BCUT2D eigenvalue weighted by atomic mass is 9.88. The Hall–Kier alpha value is -1.45. The van der Waals surface area contributed by atoms with Gasteiger partial charge < -0.3 is 4.74 Å². The first-order valence-electron chi connectivity index (χ1n) is 7.23. The number of carbonyl (C=O) groups excluding carboxylic acids is 1. The number of hydrogen-bond donors (Lipinski definition) is 0. The van der Waals surface area contributed by atoms with E-state index in [-0.39, 0.29) is 5.97 Å². The van der Waals surface area contributed by atoms with Crippen molar-refractivity contribution in [2.45, 2.75) is 44.9 Å². The van der Waals surface area contributed by atoms with Crippen molar-refractivity contribution in [2.75, 3.05) is 6.61 Å². The number of benzene rings is 1. The first kappa shape index (κ1) is 14.9. The topological polar surface area (TPSA) is 26.3 Å². The second kappa shape index (κ2) is 6.82. The van der Waals surface area contributed by atoms with Crippen molar-refractivity contribution in [3.63, 3.8) is 0 Å². The van der Waals surface area contributed by atoms with Gasteiger partial charge in [-0.15, -0.1) is 0 Å². The van der Waals surface area contributed by atoms with Crippen LogP contribution in [0.2, 0.25) is 0 Å². The molecule has 1 aromatic carbocycles. The Morgan fingerprint density at radius 2 is 2.00 bits per heavy atom. The largest absolute Gasteiger partial charge is 0.466 e. The van der Waals surface area contributed by atoms with Gasteiger partial charge in [-0.1, -0.05) is 31.7 Å². The molecule has 0 aliphatic heterocycles. The van der Waals surface area contributed by atoms with E-state index in [0.717, 1.165) is 25.0 Å². The zero-order chi connectivity index (χ0) is 14.5. The lowest BCUT2D eigenvalue weighted by Crippen LogP contribution is -2.19. The van der Waals surface area contributed by atoms with Crippen molar-refractivity contribution < 1.29 is 18.3 Å². The van der Waals surface area contributed by atoms with Gasteiger partial charge in [0.2, 0.25) is 0 Å². The molecule has 20 heavy (non-hydrogen) atoms. The molecule has 1 aliphatic carbocycles. The molecule has 1 aromatic rings. The van der Waals surface area contributed by atoms with Crippen LogP contribution in [-0.2, 0) is 9.53 Å². The van der Waals surface area contributed by atoms with E-state index in [4.69, 9.17) is 4.74 Å². The smallest absolute Gasteiger partial charge is 0.313 e. The zero-order valence-corrected chi connectivity index (χ0v) is 11.7. The van der Waals surface area contributed by atoms with Crippen LogP contribution in [0.4, 0.5) is 8.78 Å². The van der Waals surface area contributed by atoms with Gasteiger partial charge in [0.1, 0.15) is 0 Å². The van der Waals surface area contributed by atoms with Crippen molar-refractivity contribution in [3.05, 3.63) is 35.4 Å². The molecule has 0 aromatic heterocycles. The van der Waals surface area contributed by atoms with Crippen LogP contribution in [0.15, 0.2) is 18.2 Å². The van der Waals surface area contributed by atoms with E-state index in [1.54, 1.807) is 6.92 Å². The molecule has 2 rings (SSSR count). The summed E-state index contributed by atoms with van der Waals surface area (Å²) in [5.41, 5.74) is 0.509. The lowest BCUT2D eigenvalue weighted by Gasteiger charge is -2.19. The molecule has 1 saturated carbocycles. The van der Waals surface area contributed by atoms with Crippen LogP contribution in [0.5, 0.6) is 0 Å². The Morgan fingerprint density at radius 3 is 2.60 bits per heavy atom. The molecule has 0 spiro atoms. The third-order valence-corrected chi connectivity index (χ3v) is 3.96. The summed E-state index contributed by atoms with van der Waals surface area (Å²) in [4.78, 5) is 12.1. The van der Waals surface area contributed by atoms with E-state index in [1.807, 2.05) is 0 Å². The quantitative estimate of drug-likeness (QED) is 0.757. The van der Waals surface area contributed by atoms with Crippen molar-refractivity contribution in [1.82, 2.24) is 0 Å². The number of hydrogen-bond acceptors (Lipinski definition) is 2. The van der Waals surface area contributed by atoms with Crippen LogP contribution in [0.3, 0.4) is 0 Å². The SMILES string of the molecule is CCOC(=O)C(CC1CCCC1)c1ccc(F)c(F)c1. The molecule has 110 valence electrons. The van der Waals surface area contributed by atoms with Crippen LogP contribution in [0.25, 0.3) is 0 Å². The Labute approximate surface area is 118 Å². The van der Waals surface area contributed by atoms with Crippen LogP contribution in [0.1, 0.15) is 50.5 Å². The van der Waals surface area contributed by atoms with Crippen molar-refractivity contribution in [1.29, 1.82) is 0 Å². The van der Waals surface area contributed by atoms with Gasteiger partial charge in [-0.2, -0.15) is 0 Å². The summed E-state index contributed by atoms with van der Waals surface area (Å²) in [6.07, 6.45) is 5.21. The van der Waals surface area contributed by atoms with Crippen molar-refractivity contribution >= 4 is 5.97 Å². The Bertz CT molecular complexity index is 468. The van der Waals surface area contributed by atoms with Gasteiger partial charge in [-0.25, -0.2) is 8.78 Å². The van der Waals surface area contributed by atoms with Crippen LogP contribution < -0.4 is 0 Å². The summed E-state index contributed by atoms with van der Waals surface area (Å²) in [7, 11) is 0. The van der Waals surface area contributed by atoms with Crippen molar-refractivity contribution in [3.8, 4) is 0 Å². The van der Waals surface area contributed by atoms with Crippen LogP contribution in [-0.4, -0.2) is 12.6 Å². The molecular formula is C16H20F2O2. The summed E-state index contributed by atoms with van der Waals surface area (Å²) in [6.45, 7) is 2.04. The Balaban J connectivity index is 2.19. The van der Waals surface area contributed by atoms with E-state index < -0.39 is 17.6 Å². The summed E-state index contributed by atoms with van der Waals surface area (Å²) in [5, 5.41) is 0. The second-order valence-electron chi connectivity index (χ2n) is 5.36. The fourth-order valence-corrected chi connectivity index (χ4v) is 2.92. The summed E-state index contributed by atoms with van der Waals surface area (Å²) >= 11 is 0. The number of ether oxygens (including phenoxy) is 1. The van der Waals surface area contributed by atoms with Crippen LogP contribution in [0, 0.1) is 17.6 Å². The fourth-order valence-electron chi connectivity index (χ4n) is 2.92. The van der Waals surface area contributed by atoms with E-state index >= 15 is 0 Å². The minimum Gasteiger partial charge on any atom is -0.466 e. The summed E-state index contributed by atoms with van der Waals surface area (Å²) in [5.74, 6) is -2.17. The molecule has 0 radical (unpaired) electrons. The minimum absolute atomic E-state index is 0.295. The summed E-state index contributed by atoms with van der Waals surface area (Å²) in [6, 6.07) is 3.67. The zero-order valence-electron chi connectivity index (χ0n) is 11.7. The molecule has 1 atom stereocenters. The minimum atomic E-state index is -0.914. The van der Waals surface area contributed by atoms with Crippen molar-refractivity contribution in [2.24, 2.45) is 5.92 Å². The molecule has 1 unspecified atom stereocenters. The van der Waals surface area contributed by atoms with E-state index in [0.29, 0.717) is 24.5 Å². The van der Waals surface area contributed by atoms with Gasteiger partial charge in [0.05, 0.1) is 12.5 Å². The van der Waals surface area contributed by atoms with Gasteiger partial charge in [0.25, 0.3) is 0 Å². The highest BCUT2D eigenvalue weighted by atomic mass is 19.2. The average Bonchev–Trinajstić information content (AvgIpc) is 2.92. The number of halogens is 2. The molecule has 0 heterocycles. The molecular weight excluding hydrogens is 262 g/mol. The molecule has 1 aliphatic rings. The molecule has 2 nitrogen and oxygen atoms in total. The first-order chi connectivity index (χ1) is 9.61.